The third kappa shape index (κ3) is 2.86. The first-order valence-electron chi connectivity index (χ1n) is 7.11. The summed E-state index contributed by atoms with van der Waals surface area (Å²) in [6, 6.07) is 7.09. The Morgan fingerprint density at radius 2 is 2.17 bits per heavy atom. The first-order valence-corrected chi connectivity index (χ1v) is 7.11. The molecule has 0 bridgehead atoms. The lowest BCUT2D eigenvalue weighted by atomic mass is 9.91. The third-order valence-corrected chi connectivity index (χ3v) is 3.72. The number of ether oxygens (including phenoxy) is 1. The van der Waals surface area contributed by atoms with E-state index in [0.29, 0.717) is 12.0 Å². The van der Waals surface area contributed by atoms with Gasteiger partial charge in [0.05, 0.1) is 6.61 Å². The van der Waals surface area contributed by atoms with Crippen molar-refractivity contribution in [2.45, 2.75) is 46.1 Å². The molecule has 2 nitrogen and oxygen atoms in total. The molecule has 2 rings (SSSR count). The van der Waals surface area contributed by atoms with Gasteiger partial charge >= 0.3 is 0 Å². The van der Waals surface area contributed by atoms with Crippen LogP contribution in [-0.2, 0) is 0 Å². The fraction of sp³-hybridized carbons (Fsp3) is 0.625. The normalized spacial score (nSPS) is 23.6. The molecule has 0 radical (unpaired) electrons. The Kier molecular flexibility index (Phi) is 4.28. The zero-order chi connectivity index (χ0) is 13.1. The van der Waals surface area contributed by atoms with Crippen molar-refractivity contribution in [1.82, 2.24) is 5.32 Å². The highest BCUT2D eigenvalue weighted by molar-refractivity contribution is 5.39. The molecular formula is C16H25NO. The molecule has 2 atom stereocenters. The van der Waals surface area contributed by atoms with Crippen LogP contribution in [0.5, 0.6) is 5.75 Å². The van der Waals surface area contributed by atoms with E-state index < -0.39 is 0 Å². The van der Waals surface area contributed by atoms with Crippen LogP contribution in [0.25, 0.3) is 0 Å². The lowest BCUT2D eigenvalue weighted by Gasteiger charge is -2.19. The minimum absolute atomic E-state index is 0.521. The number of benzene rings is 1. The predicted octanol–water partition coefficient (Wildman–Crippen LogP) is 3.88. The van der Waals surface area contributed by atoms with Crippen molar-refractivity contribution in [1.29, 1.82) is 0 Å². The molecule has 1 aromatic rings. The predicted molar refractivity (Wildman–Crippen MR) is 76.2 cm³/mol. The van der Waals surface area contributed by atoms with Crippen LogP contribution >= 0.6 is 0 Å². The van der Waals surface area contributed by atoms with Gasteiger partial charge in [-0.1, -0.05) is 26.8 Å². The van der Waals surface area contributed by atoms with Crippen LogP contribution in [0.1, 0.15) is 57.2 Å². The van der Waals surface area contributed by atoms with Crippen molar-refractivity contribution < 1.29 is 4.74 Å². The zero-order valence-corrected chi connectivity index (χ0v) is 12.0. The molecule has 2 heteroatoms. The second-order valence-electron chi connectivity index (χ2n) is 5.68. The highest BCUT2D eigenvalue weighted by Gasteiger charge is 2.24. The molecule has 1 heterocycles. The summed E-state index contributed by atoms with van der Waals surface area (Å²) in [5.74, 6) is 2.32. The first kappa shape index (κ1) is 13.4. The summed E-state index contributed by atoms with van der Waals surface area (Å²) in [5, 5.41) is 3.63. The molecule has 1 aromatic carbocycles. The molecule has 1 saturated heterocycles. The molecule has 1 N–H and O–H groups in total. The van der Waals surface area contributed by atoms with Crippen LogP contribution < -0.4 is 10.1 Å². The minimum Gasteiger partial charge on any atom is -0.494 e. The maximum absolute atomic E-state index is 5.62. The van der Waals surface area contributed by atoms with E-state index >= 15 is 0 Å². The van der Waals surface area contributed by atoms with Crippen molar-refractivity contribution >= 4 is 0 Å². The van der Waals surface area contributed by atoms with Gasteiger partial charge in [0.25, 0.3) is 0 Å². The SMILES string of the molecule is CCOc1ccc([C@@H]2C[C@H](C)CN2)c(C(C)C)c1. The van der Waals surface area contributed by atoms with Crippen molar-refractivity contribution in [2.75, 3.05) is 13.2 Å². The standard InChI is InChI=1S/C16H25NO/c1-5-18-13-6-7-14(15(9-13)11(2)3)16-8-12(4)10-17-16/h6-7,9,11-12,16-17H,5,8,10H2,1-4H3/t12-,16-/m0/s1. The Labute approximate surface area is 111 Å². The fourth-order valence-electron chi connectivity index (χ4n) is 2.78. The van der Waals surface area contributed by atoms with Gasteiger partial charge < -0.3 is 10.1 Å². The number of nitrogens with one attached hydrogen (secondary N) is 1. The number of hydrogen-bond acceptors (Lipinski definition) is 2. The Hall–Kier alpha value is -1.02. The summed E-state index contributed by atoms with van der Waals surface area (Å²) >= 11 is 0. The van der Waals surface area contributed by atoms with E-state index in [1.165, 1.54) is 17.5 Å². The van der Waals surface area contributed by atoms with Gasteiger partial charge in [-0.2, -0.15) is 0 Å². The summed E-state index contributed by atoms with van der Waals surface area (Å²) in [6.45, 7) is 10.7. The van der Waals surface area contributed by atoms with Crippen LogP contribution in [0.15, 0.2) is 18.2 Å². The van der Waals surface area contributed by atoms with Gasteiger partial charge in [0.2, 0.25) is 0 Å². The van der Waals surface area contributed by atoms with Gasteiger partial charge in [-0.25, -0.2) is 0 Å². The van der Waals surface area contributed by atoms with Crippen LogP contribution in [0, 0.1) is 5.92 Å². The molecule has 1 aliphatic heterocycles. The Bertz CT molecular complexity index is 400. The largest absolute Gasteiger partial charge is 0.494 e. The lowest BCUT2D eigenvalue weighted by Crippen LogP contribution is -2.15. The third-order valence-electron chi connectivity index (χ3n) is 3.72. The maximum Gasteiger partial charge on any atom is 0.119 e. The molecule has 1 fully saturated rings. The van der Waals surface area contributed by atoms with Gasteiger partial charge in [-0.05, 0) is 55.0 Å². The summed E-state index contributed by atoms with van der Waals surface area (Å²) in [7, 11) is 0. The van der Waals surface area contributed by atoms with Gasteiger partial charge in [0.15, 0.2) is 0 Å². The second-order valence-corrected chi connectivity index (χ2v) is 5.68. The first-order chi connectivity index (χ1) is 8.61. The van der Waals surface area contributed by atoms with Crippen LogP contribution in [0.3, 0.4) is 0 Å². The maximum atomic E-state index is 5.62. The van der Waals surface area contributed by atoms with E-state index in [1.807, 2.05) is 6.92 Å². The minimum atomic E-state index is 0.521. The summed E-state index contributed by atoms with van der Waals surface area (Å²) in [4.78, 5) is 0. The Balaban J connectivity index is 2.28. The van der Waals surface area contributed by atoms with E-state index in [9.17, 15) is 0 Å². The van der Waals surface area contributed by atoms with E-state index in [0.717, 1.165) is 24.8 Å². The van der Waals surface area contributed by atoms with Crippen molar-refractivity contribution in [2.24, 2.45) is 5.92 Å². The van der Waals surface area contributed by atoms with Crippen molar-refractivity contribution in [3.63, 3.8) is 0 Å². The van der Waals surface area contributed by atoms with E-state index in [4.69, 9.17) is 4.74 Å². The van der Waals surface area contributed by atoms with Crippen LogP contribution in [0.2, 0.25) is 0 Å². The van der Waals surface area contributed by atoms with Crippen molar-refractivity contribution in [3.8, 4) is 5.75 Å². The van der Waals surface area contributed by atoms with Gasteiger partial charge in [-0.3, -0.25) is 0 Å². The van der Waals surface area contributed by atoms with Crippen LogP contribution in [0.4, 0.5) is 0 Å². The monoisotopic (exact) mass is 247 g/mol. The molecular weight excluding hydrogens is 222 g/mol. The average molecular weight is 247 g/mol. The Morgan fingerprint density at radius 1 is 1.39 bits per heavy atom. The van der Waals surface area contributed by atoms with E-state index in [-0.39, 0.29) is 0 Å². The van der Waals surface area contributed by atoms with E-state index in [1.54, 1.807) is 0 Å². The second kappa shape index (κ2) is 5.75. The topological polar surface area (TPSA) is 21.3 Å². The van der Waals surface area contributed by atoms with Crippen molar-refractivity contribution in [3.05, 3.63) is 29.3 Å². The molecule has 0 unspecified atom stereocenters. The zero-order valence-electron chi connectivity index (χ0n) is 12.0. The van der Waals surface area contributed by atoms with Gasteiger partial charge in [0.1, 0.15) is 5.75 Å². The lowest BCUT2D eigenvalue weighted by molar-refractivity contribution is 0.339. The molecule has 0 spiro atoms. The molecule has 0 amide bonds. The summed E-state index contributed by atoms with van der Waals surface area (Å²) < 4.78 is 5.62. The van der Waals surface area contributed by atoms with Crippen LogP contribution in [-0.4, -0.2) is 13.2 Å². The fourth-order valence-corrected chi connectivity index (χ4v) is 2.78. The Morgan fingerprint density at radius 3 is 2.72 bits per heavy atom. The molecule has 0 saturated carbocycles. The smallest absolute Gasteiger partial charge is 0.119 e. The highest BCUT2D eigenvalue weighted by Crippen LogP contribution is 2.34. The molecule has 0 aliphatic carbocycles. The molecule has 18 heavy (non-hydrogen) atoms. The van der Waals surface area contributed by atoms with Gasteiger partial charge in [-0.15, -0.1) is 0 Å². The summed E-state index contributed by atoms with van der Waals surface area (Å²) in [6.07, 6.45) is 1.24. The average Bonchev–Trinajstić information content (AvgIpc) is 2.76. The number of hydrogen-bond donors (Lipinski definition) is 1. The summed E-state index contributed by atoms with van der Waals surface area (Å²) in [5.41, 5.74) is 2.88. The molecule has 1 aliphatic rings. The molecule has 100 valence electrons. The quantitative estimate of drug-likeness (QED) is 0.872. The highest BCUT2D eigenvalue weighted by atomic mass is 16.5. The number of rotatable bonds is 4. The van der Waals surface area contributed by atoms with Gasteiger partial charge in [0, 0.05) is 6.04 Å². The van der Waals surface area contributed by atoms with E-state index in [2.05, 4.69) is 44.3 Å². The molecule has 0 aromatic heterocycles.